The number of rotatable bonds is 7. The van der Waals surface area contributed by atoms with Gasteiger partial charge in [0.1, 0.15) is 0 Å². The normalized spacial score (nSPS) is 29.2. The van der Waals surface area contributed by atoms with Crippen molar-refractivity contribution < 1.29 is 19.6 Å². The summed E-state index contributed by atoms with van der Waals surface area (Å²) in [6.45, 7) is 1.93. The summed E-state index contributed by atoms with van der Waals surface area (Å²) in [5.41, 5.74) is 0. The second-order valence-corrected chi connectivity index (χ2v) is 6.21. The van der Waals surface area contributed by atoms with Crippen LogP contribution in [0.3, 0.4) is 0 Å². The smallest absolute Gasteiger partial charge is 0.451 e. The number of hydrogen-bond donors (Lipinski definition) is 3. The fraction of sp³-hybridized carbons (Fsp3) is 0.929. The molecule has 3 atom stereocenters. The number of esters is 1. The number of hydrogen-bond acceptors (Lipinski definition) is 6. The topological polar surface area (TPSA) is 82.0 Å². The van der Waals surface area contributed by atoms with E-state index in [0.29, 0.717) is 18.4 Å². The highest BCUT2D eigenvalue weighted by molar-refractivity contribution is 6.40. The van der Waals surface area contributed by atoms with Crippen molar-refractivity contribution in [2.75, 3.05) is 20.3 Å². The van der Waals surface area contributed by atoms with Gasteiger partial charge in [0, 0.05) is 18.8 Å². The quantitative estimate of drug-likeness (QED) is 0.354. The fourth-order valence-corrected chi connectivity index (χ4v) is 3.61. The summed E-state index contributed by atoms with van der Waals surface area (Å²) in [4.78, 5) is 14.1. The highest BCUT2D eigenvalue weighted by Gasteiger charge is 2.40. The highest BCUT2D eigenvalue weighted by atomic mass is 16.5. The fourth-order valence-electron chi connectivity index (χ4n) is 3.61. The number of carbonyl (C=O) groups is 1. The van der Waals surface area contributed by atoms with E-state index in [0.717, 1.165) is 51.7 Å². The van der Waals surface area contributed by atoms with E-state index in [1.165, 1.54) is 7.11 Å². The maximum absolute atomic E-state index is 11.6. The molecule has 3 unspecified atom stereocenters. The zero-order chi connectivity index (χ0) is 15.2. The average molecular weight is 298 g/mol. The highest BCUT2D eigenvalue weighted by Crippen LogP contribution is 2.31. The van der Waals surface area contributed by atoms with Gasteiger partial charge in [0.05, 0.1) is 13.0 Å². The van der Waals surface area contributed by atoms with Crippen molar-refractivity contribution in [1.82, 2.24) is 10.2 Å². The average Bonchev–Trinajstić information content (AvgIpc) is 2.88. The Balaban J connectivity index is 1.68. The maximum atomic E-state index is 11.6. The van der Waals surface area contributed by atoms with Gasteiger partial charge >= 0.3 is 13.1 Å². The van der Waals surface area contributed by atoms with E-state index in [9.17, 15) is 4.79 Å². The van der Waals surface area contributed by atoms with Gasteiger partial charge in [-0.2, -0.15) is 0 Å². The van der Waals surface area contributed by atoms with Crippen LogP contribution in [-0.4, -0.2) is 60.4 Å². The molecule has 2 rings (SSSR count). The van der Waals surface area contributed by atoms with Crippen LogP contribution in [0.2, 0.25) is 6.32 Å². The van der Waals surface area contributed by atoms with Crippen molar-refractivity contribution in [1.29, 1.82) is 0 Å². The van der Waals surface area contributed by atoms with Crippen molar-refractivity contribution in [3.63, 3.8) is 0 Å². The first kappa shape index (κ1) is 16.7. The van der Waals surface area contributed by atoms with Gasteiger partial charge in [-0.3, -0.25) is 15.0 Å². The van der Waals surface area contributed by atoms with Crippen molar-refractivity contribution in [3.05, 3.63) is 0 Å². The molecule has 21 heavy (non-hydrogen) atoms. The van der Waals surface area contributed by atoms with E-state index in [1.54, 1.807) is 0 Å². The summed E-state index contributed by atoms with van der Waals surface area (Å²) >= 11 is 0. The zero-order valence-electron chi connectivity index (χ0n) is 12.8. The molecule has 1 saturated heterocycles. The van der Waals surface area contributed by atoms with Gasteiger partial charge in [0.2, 0.25) is 0 Å². The molecule has 0 radical (unpaired) electrons. The van der Waals surface area contributed by atoms with E-state index in [2.05, 4.69) is 10.2 Å². The Hall–Kier alpha value is -0.625. The van der Waals surface area contributed by atoms with Crippen LogP contribution in [0, 0.1) is 5.92 Å². The molecule has 0 amide bonds. The molecule has 0 aromatic carbocycles. The number of nitrogens with zero attached hydrogens (tertiary/aromatic N) is 1. The number of carbonyl (C=O) groups excluding carboxylic acids is 1. The Morgan fingerprint density at radius 3 is 2.86 bits per heavy atom. The molecule has 0 aromatic rings. The first-order valence-electron chi connectivity index (χ1n) is 8.03. The zero-order valence-corrected chi connectivity index (χ0v) is 12.8. The van der Waals surface area contributed by atoms with Crippen LogP contribution >= 0.6 is 0 Å². The van der Waals surface area contributed by atoms with Crippen molar-refractivity contribution in [2.45, 2.75) is 56.9 Å². The third-order valence-electron chi connectivity index (χ3n) is 4.78. The predicted octanol–water partition coefficient (Wildman–Crippen LogP) is 0.202. The Labute approximate surface area is 127 Å². The molecule has 2 aliphatic rings. The largest absolute Gasteiger partial charge is 0.469 e. The SMILES string of the molecule is COC(=O)C1CCC2C(C1)NCN2CCCCCB(O)O. The first-order valence-corrected chi connectivity index (χ1v) is 8.03. The van der Waals surface area contributed by atoms with Crippen LogP contribution in [0.25, 0.3) is 0 Å². The molecule has 0 bridgehead atoms. The van der Waals surface area contributed by atoms with Crippen molar-refractivity contribution in [2.24, 2.45) is 5.92 Å². The molecule has 7 heteroatoms. The van der Waals surface area contributed by atoms with Gasteiger partial charge in [-0.1, -0.05) is 12.8 Å². The summed E-state index contributed by atoms with van der Waals surface area (Å²) < 4.78 is 4.85. The van der Waals surface area contributed by atoms with Crippen molar-refractivity contribution >= 4 is 13.1 Å². The van der Waals surface area contributed by atoms with Gasteiger partial charge in [-0.25, -0.2) is 0 Å². The Bertz CT molecular complexity index is 343. The summed E-state index contributed by atoms with van der Waals surface area (Å²) in [5, 5.41) is 21.1. The molecule has 1 aliphatic carbocycles. The molecular weight excluding hydrogens is 271 g/mol. The van der Waals surface area contributed by atoms with E-state index < -0.39 is 7.12 Å². The summed E-state index contributed by atoms with van der Waals surface area (Å²) in [5.74, 6) is -0.0222. The first-order chi connectivity index (χ1) is 10.1. The lowest BCUT2D eigenvalue weighted by molar-refractivity contribution is -0.147. The predicted molar refractivity (Wildman–Crippen MR) is 80.5 cm³/mol. The second kappa shape index (κ2) is 8.12. The third kappa shape index (κ3) is 4.67. The minimum absolute atomic E-state index is 0.0507. The van der Waals surface area contributed by atoms with Crippen LogP contribution in [-0.2, 0) is 9.53 Å². The van der Waals surface area contributed by atoms with Gasteiger partial charge in [-0.05, 0) is 38.5 Å². The van der Waals surface area contributed by atoms with E-state index in [4.69, 9.17) is 14.8 Å². The van der Waals surface area contributed by atoms with E-state index in [1.807, 2.05) is 0 Å². The number of ether oxygens (including phenoxy) is 1. The van der Waals surface area contributed by atoms with E-state index >= 15 is 0 Å². The molecule has 2 fully saturated rings. The molecule has 3 N–H and O–H groups in total. The number of fused-ring (bicyclic) bond motifs is 1. The lowest BCUT2D eigenvalue weighted by Gasteiger charge is -2.33. The minimum atomic E-state index is -1.17. The lowest BCUT2D eigenvalue weighted by Crippen LogP contribution is -2.43. The standard InChI is InChI=1S/C14H27BN2O4/c1-21-14(18)11-5-6-13-12(9-11)16-10-17(13)8-4-2-3-7-15(19)20/h11-13,16,19-20H,2-10H2,1H3. The monoisotopic (exact) mass is 298 g/mol. The molecule has 1 saturated carbocycles. The Morgan fingerprint density at radius 2 is 2.14 bits per heavy atom. The molecule has 1 aliphatic heterocycles. The maximum Gasteiger partial charge on any atom is 0.451 e. The number of unbranched alkanes of at least 4 members (excludes halogenated alkanes) is 2. The van der Waals surface area contributed by atoms with Crippen LogP contribution in [0.1, 0.15) is 38.5 Å². The van der Waals surface area contributed by atoms with Crippen LogP contribution in [0.5, 0.6) is 0 Å². The molecule has 120 valence electrons. The van der Waals surface area contributed by atoms with Crippen LogP contribution in [0.4, 0.5) is 0 Å². The number of methoxy groups -OCH3 is 1. The van der Waals surface area contributed by atoms with Gasteiger partial charge in [-0.15, -0.1) is 0 Å². The molecule has 0 aromatic heterocycles. The summed E-state index contributed by atoms with van der Waals surface area (Å²) in [7, 11) is 0.294. The van der Waals surface area contributed by atoms with Crippen molar-refractivity contribution in [3.8, 4) is 0 Å². The van der Waals surface area contributed by atoms with Gasteiger partial charge in [0.25, 0.3) is 0 Å². The number of nitrogens with one attached hydrogen (secondary N) is 1. The molecule has 1 heterocycles. The van der Waals surface area contributed by atoms with E-state index in [-0.39, 0.29) is 11.9 Å². The van der Waals surface area contributed by atoms with Crippen LogP contribution < -0.4 is 5.32 Å². The Kier molecular flexibility index (Phi) is 6.48. The summed E-state index contributed by atoms with van der Waals surface area (Å²) in [6, 6.07) is 0.941. The van der Waals surface area contributed by atoms with Gasteiger partial charge in [0.15, 0.2) is 0 Å². The minimum Gasteiger partial charge on any atom is -0.469 e. The lowest BCUT2D eigenvalue weighted by atomic mass is 9.82. The van der Waals surface area contributed by atoms with Crippen LogP contribution in [0.15, 0.2) is 0 Å². The van der Waals surface area contributed by atoms with Gasteiger partial charge < -0.3 is 14.8 Å². The molecular formula is C14H27BN2O4. The molecule has 6 nitrogen and oxygen atoms in total. The summed E-state index contributed by atoms with van der Waals surface area (Å²) in [6.07, 6.45) is 6.27. The second-order valence-electron chi connectivity index (χ2n) is 6.21. The third-order valence-corrected chi connectivity index (χ3v) is 4.78. The Morgan fingerprint density at radius 1 is 1.33 bits per heavy atom. The molecule has 0 spiro atoms.